The molecule has 0 spiro atoms. The number of hydrogen-bond acceptors (Lipinski definition) is 8. The molecule has 9 heteroatoms. The maximum Gasteiger partial charge on any atom is 0.144 e. The molecule has 9 nitrogen and oxygen atoms in total. The molecule has 0 aromatic carbocycles. The maximum atomic E-state index is 4.68. The summed E-state index contributed by atoms with van der Waals surface area (Å²) in [6.45, 7) is 3.11. The predicted molar refractivity (Wildman–Crippen MR) is 99.0 cm³/mol. The van der Waals surface area contributed by atoms with Gasteiger partial charge in [-0.15, -0.1) is 0 Å². The van der Waals surface area contributed by atoms with E-state index >= 15 is 0 Å². The first-order chi connectivity index (χ1) is 12.7. The van der Waals surface area contributed by atoms with Gasteiger partial charge in [-0.3, -0.25) is 9.67 Å². The minimum absolute atomic E-state index is 0.622. The highest BCUT2D eigenvalue weighted by Crippen LogP contribution is 2.22. The van der Waals surface area contributed by atoms with E-state index in [0.717, 1.165) is 42.8 Å². The standard InChI is InChI=1S/C17H21N9/c1-24(2)16-8-17(22-12-21-16)25-5-6-26-14(11-25)7-13(23-26)9-20-15-10-18-3-4-19-15/h3-4,7-8,10,12H,5-6,9,11H2,1-2H3,(H,19,20). The fourth-order valence-corrected chi connectivity index (χ4v) is 2.93. The summed E-state index contributed by atoms with van der Waals surface area (Å²) < 4.78 is 2.07. The predicted octanol–water partition coefficient (Wildman–Crippen LogP) is 1.16. The molecular weight excluding hydrogens is 330 g/mol. The number of rotatable bonds is 5. The third-order valence-corrected chi connectivity index (χ3v) is 4.28. The summed E-state index contributed by atoms with van der Waals surface area (Å²) in [5.74, 6) is 2.59. The highest BCUT2D eigenvalue weighted by atomic mass is 15.4. The molecule has 0 amide bonds. The molecule has 0 fully saturated rings. The van der Waals surface area contributed by atoms with Crippen molar-refractivity contribution in [2.75, 3.05) is 35.8 Å². The van der Waals surface area contributed by atoms with Crippen molar-refractivity contribution in [1.82, 2.24) is 29.7 Å². The lowest BCUT2D eigenvalue weighted by Crippen LogP contribution is -2.34. The van der Waals surface area contributed by atoms with E-state index in [0.29, 0.717) is 6.54 Å². The van der Waals surface area contributed by atoms with Gasteiger partial charge in [-0.2, -0.15) is 5.10 Å². The van der Waals surface area contributed by atoms with E-state index < -0.39 is 0 Å². The van der Waals surface area contributed by atoms with Gasteiger partial charge in [-0.25, -0.2) is 15.0 Å². The van der Waals surface area contributed by atoms with E-state index in [1.54, 1.807) is 24.9 Å². The van der Waals surface area contributed by atoms with Crippen LogP contribution in [0.1, 0.15) is 11.4 Å². The molecule has 4 rings (SSSR count). The molecule has 0 radical (unpaired) electrons. The first-order valence-electron chi connectivity index (χ1n) is 8.49. The van der Waals surface area contributed by atoms with Crippen molar-refractivity contribution in [3.05, 3.63) is 48.4 Å². The Balaban J connectivity index is 1.45. The Labute approximate surface area is 151 Å². The monoisotopic (exact) mass is 351 g/mol. The van der Waals surface area contributed by atoms with Gasteiger partial charge in [0.05, 0.1) is 37.2 Å². The van der Waals surface area contributed by atoms with Crippen LogP contribution in [-0.2, 0) is 19.6 Å². The van der Waals surface area contributed by atoms with Crippen LogP contribution in [0.2, 0.25) is 0 Å². The van der Waals surface area contributed by atoms with E-state index in [9.17, 15) is 0 Å². The summed E-state index contributed by atoms with van der Waals surface area (Å²) >= 11 is 0. The van der Waals surface area contributed by atoms with Gasteiger partial charge in [0.25, 0.3) is 0 Å². The quantitative estimate of drug-likeness (QED) is 0.733. The average molecular weight is 351 g/mol. The van der Waals surface area contributed by atoms with Crippen molar-refractivity contribution in [3.8, 4) is 0 Å². The Bertz CT molecular complexity index is 875. The molecule has 0 saturated heterocycles. The zero-order valence-electron chi connectivity index (χ0n) is 14.9. The number of fused-ring (bicyclic) bond motifs is 1. The molecule has 0 aliphatic carbocycles. The van der Waals surface area contributed by atoms with E-state index in [1.165, 1.54) is 5.69 Å². The Hall–Kier alpha value is -3.23. The molecular formula is C17H21N9. The maximum absolute atomic E-state index is 4.68. The van der Waals surface area contributed by atoms with Crippen molar-refractivity contribution in [1.29, 1.82) is 0 Å². The van der Waals surface area contributed by atoms with Crippen molar-refractivity contribution < 1.29 is 0 Å². The van der Waals surface area contributed by atoms with Crippen LogP contribution in [0.5, 0.6) is 0 Å². The van der Waals surface area contributed by atoms with Gasteiger partial charge >= 0.3 is 0 Å². The van der Waals surface area contributed by atoms with Crippen LogP contribution in [0.25, 0.3) is 0 Å². The molecule has 1 aliphatic heterocycles. The Morgan fingerprint density at radius 3 is 2.85 bits per heavy atom. The number of hydrogen-bond donors (Lipinski definition) is 1. The molecule has 1 N–H and O–H groups in total. The zero-order valence-corrected chi connectivity index (χ0v) is 14.9. The number of anilines is 3. The summed E-state index contributed by atoms with van der Waals surface area (Å²) in [5.41, 5.74) is 2.17. The van der Waals surface area contributed by atoms with E-state index in [4.69, 9.17) is 0 Å². The first kappa shape index (κ1) is 16.2. The van der Waals surface area contributed by atoms with Crippen molar-refractivity contribution in [2.45, 2.75) is 19.6 Å². The van der Waals surface area contributed by atoms with Gasteiger partial charge < -0.3 is 15.1 Å². The van der Waals surface area contributed by atoms with Crippen LogP contribution in [0, 0.1) is 0 Å². The van der Waals surface area contributed by atoms with Gasteiger partial charge in [0.1, 0.15) is 23.8 Å². The van der Waals surface area contributed by atoms with Gasteiger partial charge in [0, 0.05) is 39.1 Å². The largest absolute Gasteiger partial charge is 0.363 e. The lowest BCUT2D eigenvalue weighted by atomic mass is 10.2. The lowest BCUT2D eigenvalue weighted by molar-refractivity contribution is 0.514. The summed E-state index contributed by atoms with van der Waals surface area (Å²) in [6, 6.07) is 4.14. The second kappa shape index (κ2) is 6.95. The van der Waals surface area contributed by atoms with Gasteiger partial charge in [-0.1, -0.05) is 0 Å². The molecule has 0 bridgehead atoms. The second-order valence-electron chi connectivity index (χ2n) is 6.34. The molecule has 4 heterocycles. The molecule has 26 heavy (non-hydrogen) atoms. The van der Waals surface area contributed by atoms with E-state index in [2.05, 4.69) is 46.0 Å². The summed E-state index contributed by atoms with van der Waals surface area (Å²) in [4.78, 5) is 21.2. The molecule has 1 aliphatic rings. The number of nitrogens with one attached hydrogen (secondary N) is 1. The third-order valence-electron chi connectivity index (χ3n) is 4.28. The highest BCUT2D eigenvalue weighted by Gasteiger charge is 2.20. The van der Waals surface area contributed by atoms with Crippen LogP contribution in [0.4, 0.5) is 17.5 Å². The van der Waals surface area contributed by atoms with Crippen molar-refractivity contribution in [2.24, 2.45) is 0 Å². The number of nitrogens with zero attached hydrogens (tertiary/aromatic N) is 8. The van der Waals surface area contributed by atoms with Gasteiger partial charge in [0.2, 0.25) is 0 Å². The molecule has 3 aromatic heterocycles. The SMILES string of the molecule is CN(C)c1cc(N2CCn3nc(CNc4cnccn4)cc3C2)ncn1. The summed E-state index contributed by atoms with van der Waals surface area (Å²) in [6.07, 6.45) is 6.65. The molecule has 134 valence electrons. The van der Waals surface area contributed by atoms with Gasteiger partial charge in [-0.05, 0) is 6.07 Å². The van der Waals surface area contributed by atoms with E-state index in [-0.39, 0.29) is 0 Å². The topological polar surface area (TPSA) is 87.9 Å². The molecule has 0 atom stereocenters. The van der Waals surface area contributed by atoms with Crippen LogP contribution < -0.4 is 15.1 Å². The third kappa shape index (κ3) is 3.41. The van der Waals surface area contributed by atoms with Crippen LogP contribution >= 0.6 is 0 Å². The fraction of sp³-hybridized carbons (Fsp3) is 0.353. The first-order valence-corrected chi connectivity index (χ1v) is 8.49. The second-order valence-corrected chi connectivity index (χ2v) is 6.34. The minimum Gasteiger partial charge on any atom is -0.363 e. The van der Waals surface area contributed by atoms with Crippen LogP contribution in [0.3, 0.4) is 0 Å². The van der Waals surface area contributed by atoms with Crippen LogP contribution in [0.15, 0.2) is 37.1 Å². The van der Waals surface area contributed by atoms with Gasteiger partial charge in [0.15, 0.2) is 0 Å². The fourth-order valence-electron chi connectivity index (χ4n) is 2.93. The Kier molecular flexibility index (Phi) is 4.34. The summed E-state index contributed by atoms with van der Waals surface area (Å²) in [7, 11) is 3.96. The van der Waals surface area contributed by atoms with Crippen molar-refractivity contribution >= 4 is 17.5 Å². The lowest BCUT2D eigenvalue weighted by Gasteiger charge is -2.29. The average Bonchev–Trinajstić information content (AvgIpc) is 3.09. The molecule has 0 unspecified atom stereocenters. The van der Waals surface area contributed by atoms with Crippen LogP contribution in [-0.4, -0.2) is 50.4 Å². The normalized spacial score (nSPS) is 13.4. The highest BCUT2D eigenvalue weighted by molar-refractivity contribution is 5.49. The molecule has 0 saturated carbocycles. The van der Waals surface area contributed by atoms with E-state index in [1.807, 2.05) is 25.1 Å². The molecule has 3 aromatic rings. The minimum atomic E-state index is 0.622. The number of aromatic nitrogens is 6. The Morgan fingerprint density at radius 1 is 1.12 bits per heavy atom. The Morgan fingerprint density at radius 2 is 2.04 bits per heavy atom. The zero-order chi connectivity index (χ0) is 17.9. The van der Waals surface area contributed by atoms with Crippen molar-refractivity contribution in [3.63, 3.8) is 0 Å². The summed E-state index contributed by atoms with van der Waals surface area (Å²) in [5, 5.41) is 7.92. The smallest absolute Gasteiger partial charge is 0.144 e.